The van der Waals surface area contributed by atoms with Gasteiger partial charge in [0, 0.05) is 6.20 Å². The number of rotatable bonds is 6. The minimum atomic E-state index is 0.792. The molecule has 0 atom stereocenters. The SMILES string of the molecule is CCCCCc1ccccc1Oc1cccnc1. The van der Waals surface area contributed by atoms with Crippen LogP contribution in [-0.4, -0.2) is 4.98 Å². The normalized spacial score (nSPS) is 10.3. The summed E-state index contributed by atoms with van der Waals surface area (Å²) in [7, 11) is 0. The number of benzene rings is 1. The number of unbranched alkanes of at least 4 members (excludes halogenated alkanes) is 2. The smallest absolute Gasteiger partial charge is 0.145 e. The molecule has 94 valence electrons. The van der Waals surface area contributed by atoms with E-state index in [4.69, 9.17) is 4.74 Å². The molecule has 0 radical (unpaired) electrons. The van der Waals surface area contributed by atoms with Gasteiger partial charge in [-0.25, -0.2) is 0 Å². The molecule has 0 unspecified atom stereocenters. The molecule has 0 amide bonds. The molecule has 0 N–H and O–H groups in total. The molecule has 0 fully saturated rings. The summed E-state index contributed by atoms with van der Waals surface area (Å²) in [5.74, 6) is 1.74. The lowest BCUT2D eigenvalue weighted by atomic mass is 10.1. The van der Waals surface area contributed by atoms with Crippen molar-refractivity contribution < 1.29 is 4.74 Å². The topological polar surface area (TPSA) is 22.1 Å². The Balaban J connectivity index is 2.07. The summed E-state index contributed by atoms with van der Waals surface area (Å²) in [6, 6.07) is 12.0. The van der Waals surface area contributed by atoms with E-state index in [1.54, 1.807) is 12.4 Å². The second-order valence-electron chi connectivity index (χ2n) is 4.36. The van der Waals surface area contributed by atoms with Crippen LogP contribution in [0.2, 0.25) is 0 Å². The monoisotopic (exact) mass is 241 g/mol. The highest BCUT2D eigenvalue weighted by molar-refractivity contribution is 5.37. The number of aromatic nitrogens is 1. The standard InChI is InChI=1S/C16H19NO/c1-2-3-4-8-14-9-5-6-11-16(14)18-15-10-7-12-17-13-15/h5-7,9-13H,2-4,8H2,1H3. The van der Waals surface area contributed by atoms with Crippen molar-refractivity contribution in [1.82, 2.24) is 4.98 Å². The largest absolute Gasteiger partial charge is 0.455 e. The highest BCUT2D eigenvalue weighted by Crippen LogP contribution is 2.25. The molecule has 2 heteroatoms. The quantitative estimate of drug-likeness (QED) is 0.689. The number of aryl methyl sites for hydroxylation is 1. The Kier molecular flexibility index (Phi) is 4.77. The second-order valence-corrected chi connectivity index (χ2v) is 4.36. The Morgan fingerprint density at radius 1 is 1.06 bits per heavy atom. The van der Waals surface area contributed by atoms with Crippen LogP contribution in [0, 0.1) is 0 Å². The van der Waals surface area contributed by atoms with Crippen molar-refractivity contribution in [1.29, 1.82) is 0 Å². The van der Waals surface area contributed by atoms with Crippen molar-refractivity contribution in [3.63, 3.8) is 0 Å². The van der Waals surface area contributed by atoms with Crippen LogP contribution in [0.3, 0.4) is 0 Å². The van der Waals surface area contributed by atoms with Gasteiger partial charge < -0.3 is 4.74 Å². The first-order valence-corrected chi connectivity index (χ1v) is 6.56. The summed E-state index contributed by atoms with van der Waals surface area (Å²) in [6.45, 7) is 2.22. The van der Waals surface area contributed by atoms with E-state index in [2.05, 4.69) is 24.0 Å². The van der Waals surface area contributed by atoms with E-state index in [1.165, 1.54) is 24.8 Å². The van der Waals surface area contributed by atoms with Gasteiger partial charge in [0.1, 0.15) is 11.5 Å². The van der Waals surface area contributed by atoms with Crippen molar-refractivity contribution in [2.24, 2.45) is 0 Å². The minimum Gasteiger partial charge on any atom is -0.455 e. The van der Waals surface area contributed by atoms with Crippen LogP contribution in [0.25, 0.3) is 0 Å². The molecular formula is C16H19NO. The molecule has 0 bridgehead atoms. The summed E-state index contributed by atoms with van der Waals surface area (Å²) >= 11 is 0. The molecule has 1 aromatic heterocycles. The van der Waals surface area contributed by atoms with Crippen molar-refractivity contribution in [3.05, 3.63) is 54.4 Å². The molecule has 18 heavy (non-hydrogen) atoms. The number of hydrogen-bond donors (Lipinski definition) is 0. The molecular weight excluding hydrogens is 222 g/mol. The summed E-state index contributed by atoms with van der Waals surface area (Å²) in [6.07, 6.45) is 8.28. The molecule has 0 aliphatic carbocycles. The van der Waals surface area contributed by atoms with Gasteiger partial charge >= 0.3 is 0 Å². The van der Waals surface area contributed by atoms with Crippen LogP contribution in [-0.2, 0) is 6.42 Å². The average Bonchev–Trinajstić information content (AvgIpc) is 2.42. The van der Waals surface area contributed by atoms with E-state index in [-0.39, 0.29) is 0 Å². The van der Waals surface area contributed by atoms with Gasteiger partial charge in [0.05, 0.1) is 6.20 Å². The van der Waals surface area contributed by atoms with Crippen molar-refractivity contribution >= 4 is 0 Å². The average molecular weight is 241 g/mol. The van der Waals surface area contributed by atoms with Gasteiger partial charge in [0.2, 0.25) is 0 Å². The van der Waals surface area contributed by atoms with Gasteiger partial charge in [-0.3, -0.25) is 4.98 Å². The van der Waals surface area contributed by atoms with Gasteiger partial charge in [0.15, 0.2) is 0 Å². The van der Waals surface area contributed by atoms with Crippen LogP contribution >= 0.6 is 0 Å². The van der Waals surface area contributed by atoms with Crippen molar-refractivity contribution in [2.75, 3.05) is 0 Å². The molecule has 0 saturated heterocycles. The van der Waals surface area contributed by atoms with Crippen LogP contribution in [0.1, 0.15) is 31.7 Å². The Hall–Kier alpha value is -1.83. The fourth-order valence-electron chi connectivity index (χ4n) is 1.91. The highest BCUT2D eigenvalue weighted by atomic mass is 16.5. The minimum absolute atomic E-state index is 0.792. The predicted octanol–water partition coefficient (Wildman–Crippen LogP) is 4.61. The first-order chi connectivity index (χ1) is 8.90. The fraction of sp³-hybridized carbons (Fsp3) is 0.312. The Bertz CT molecular complexity index is 468. The van der Waals surface area contributed by atoms with E-state index < -0.39 is 0 Å². The molecule has 1 heterocycles. The second kappa shape index (κ2) is 6.80. The predicted molar refractivity (Wildman–Crippen MR) is 74.0 cm³/mol. The lowest BCUT2D eigenvalue weighted by Gasteiger charge is -2.10. The van der Waals surface area contributed by atoms with E-state index in [9.17, 15) is 0 Å². The molecule has 2 nitrogen and oxygen atoms in total. The third-order valence-electron chi connectivity index (χ3n) is 2.88. The summed E-state index contributed by atoms with van der Waals surface area (Å²) in [4.78, 5) is 4.06. The molecule has 0 spiro atoms. The molecule has 2 rings (SSSR count). The molecule has 1 aromatic carbocycles. The van der Waals surface area contributed by atoms with Crippen LogP contribution < -0.4 is 4.74 Å². The van der Waals surface area contributed by atoms with Gasteiger partial charge in [-0.05, 0) is 36.6 Å². The zero-order valence-corrected chi connectivity index (χ0v) is 10.8. The summed E-state index contributed by atoms with van der Waals surface area (Å²) in [5, 5.41) is 0. The number of pyridine rings is 1. The zero-order valence-electron chi connectivity index (χ0n) is 10.8. The van der Waals surface area contributed by atoms with E-state index in [0.717, 1.165) is 17.9 Å². The van der Waals surface area contributed by atoms with Gasteiger partial charge in [0.25, 0.3) is 0 Å². The van der Waals surface area contributed by atoms with Crippen LogP contribution in [0.15, 0.2) is 48.8 Å². The molecule has 0 aliphatic heterocycles. The Morgan fingerprint density at radius 2 is 1.94 bits per heavy atom. The number of hydrogen-bond acceptors (Lipinski definition) is 2. The van der Waals surface area contributed by atoms with E-state index in [1.807, 2.05) is 24.3 Å². The third kappa shape index (κ3) is 3.59. The van der Waals surface area contributed by atoms with Crippen LogP contribution in [0.4, 0.5) is 0 Å². The maximum atomic E-state index is 5.88. The first kappa shape index (κ1) is 12.6. The number of nitrogens with zero attached hydrogens (tertiary/aromatic N) is 1. The molecule has 0 saturated carbocycles. The molecule has 0 aliphatic rings. The van der Waals surface area contributed by atoms with Gasteiger partial charge in [-0.2, -0.15) is 0 Å². The highest BCUT2D eigenvalue weighted by Gasteiger charge is 2.03. The van der Waals surface area contributed by atoms with Crippen LogP contribution in [0.5, 0.6) is 11.5 Å². The zero-order chi connectivity index (χ0) is 12.6. The Labute approximate surface area is 109 Å². The third-order valence-corrected chi connectivity index (χ3v) is 2.88. The van der Waals surface area contributed by atoms with Gasteiger partial charge in [-0.15, -0.1) is 0 Å². The number of ether oxygens (including phenoxy) is 1. The van der Waals surface area contributed by atoms with Gasteiger partial charge in [-0.1, -0.05) is 38.0 Å². The fourth-order valence-corrected chi connectivity index (χ4v) is 1.91. The summed E-state index contributed by atoms with van der Waals surface area (Å²) < 4.78 is 5.88. The lowest BCUT2D eigenvalue weighted by molar-refractivity contribution is 0.472. The van der Waals surface area contributed by atoms with E-state index >= 15 is 0 Å². The van der Waals surface area contributed by atoms with Crippen molar-refractivity contribution in [2.45, 2.75) is 32.6 Å². The lowest BCUT2D eigenvalue weighted by Crippen LogP contribution is -1.92. The maximum absolute atomic E-state index is 5.88. The number of para-hydroxylation sites is 1. The maximum Gasteiger partial charge on any atom is 0.145 e. The van der Waals surface area contributed by atoms with E-state index in [0.29, 0.717) is 0 Å². The molecule has 2 aromatic rings. The summed E-state index contributed by atoms with van der Waals surface area (Å²) in [5.41, 5.74) is 1.27. The first-order valence-electron chi connectivity index (χ1n) is 6.56. The Morgan fingerprint density at radius 3 is 2.72 bits per heavy atom. The van der Waals surface area contributed by atoms with Crippen molar-refractivity contribution in [3.8, 4) is 11.5 Å².